The average Bonchev–Trinajstić information content (AvgIpc) is 3.08. The van der Waals surface area contributed by atoms with E-state index in [1.165, 1.54) is 0 Å². The number of anilines is 2. The second-order valence-corrected chi connectivity index (χ2v) is 7.82. The summed E-state index contributed by atoms with van der Waals surface area (Å²) >= 11 is 0. The number of rotatable bonds is 5. The zero-order chi connectivity index (χ0) is 21.2. The van der Waals surface area contributed by atoms with E-state index < -0.39 is 23.9 Å². The monoisotopic (exact) mass is 405 g/mol. The van der Waals surface area contributed by atoms with Gasteiger partial charge in [-0.2, -0.15) is 13.2 Å². The summed E-state index contributed by atoms with van der Waals surface area (Å²) in [5, 5.41) is 2.72. The van der Waals surface area contributed by atoms with Gasteiger partial charge in [0.15, 0.2) is 0 Å². The fraction of sp³-hybridized carbons (Fsp3) is 0.409. The molecule has 1 saturated heterocycles. The van der Waals surface area contributed by atoms with Crippen LogP contribution in [0.3, 0.4) is 0 Å². The number of amides is 1. The average molecular weight is 405 g/mol. The van der Waals surface area contributed by atoms with Crippen molar-refractivity contribution < 1.29 is 18.0 Å². The number of nitrogens with zero attached hydrogens (tertiary/aromatic N) is 2. The van der Waals surface area contributed by atoms with Crippen LogP contribution in [0.4, 0.5) is 24.5 Å². The van der Waals surface area contributed by atoms with E-state index in [1.54, 1.807) is 11.0 Å². The van der Waals surface area contributed by atoms with Crippen LogP contribution in [0.5, 0.6) is 0 Å². The predicted octanol–water partition coefficient (Wildman–Crippen LogP) is 4.31. The van der Waals surface area contributed by atoms with Crippen LogP contribution in [0.15, 0.2) is 48.5 Å². The summed E-state index contributed by atoms with van der Waals surface area (Å²) in [6.07, 6.45) is -4.42. The highest BCUT2D eigenvalue weighted by atomic mass is 19.4. The van der Waals surface area contributed by atoms with Crippen molar-refractivity contribution in [2.45, 2.75) is 19.6 Å². The molecule has 29 heavy (non-hydrogen) atoms. The summed E-state index contributed by atoms with van der Waals surface area (Å²) in [5.41, 5.74) is 3.25. The third-order valence-corrected chi connectivity index (χ3v) is 5.39. The Balaban J connectivity index is 1.75. The van der Waals surface area contributed by atoms with Crippen molar-refractivity contribution in [3.8, 4) is 0 Å². The van der Waals surface area contributed by atoms with E-state index >= 15 is 0 Å². The Morgan fingerprint density at radius 1 is 1.14 bits per heavy atom. The minimum Gasteiger partial charge on any atom is -0.378 e. The lowest BCUT2D eigenvalue weighted by molar-refractivity contribution is -0.182. The molecule has 2 aromatic carbocycles. The summed E-state index contributed by atoms with van der Waals surface area (Å²) in [5.74, 6) is -3.39. The fourth-order valence-electron chi connectivity index (χ4n) is 3.75. The number of halogens is 3. The van der Waals surface area contributed by atoms with Crippen LogP contribution in [-0.4, -0.2) is 44.2 Å². The maximum absolute atomic E-state index is 13.6. The van der Waals surface area contributed by atoms with E-state index in [0.717, 1.165) is 16.8 Å². The number of hydrogen-bond acceptors (Lipinski definition) is 3. The number of nitrogens with one attached hydrogen (secondary N) is 1. The van der Waals surface area contributed by atoms with Crippen LogP contribution in [0.25, 0.3) is 0 Å². The van der Waals surface area contributed by atoms with Gasteiger partial charge >= 0.3 is 6.18 Å². The zero-order valence-electron chi connectivity index (χ0n) is 16.8. The van der Waals surface area contributed by atoms with Gasteiger partial charge in [-0.25, -0.2) is 0 Å². The van der Waals surface area contributed by atoms with Crippen molar-refractivity contribution in [1.29, 1.82) is 0 Å². The Morgan fingerprint density at radius 2 is 1.83 bits per heavy atom. The molecule has 0 bridgehead atoms. The Labute approximate surface area is 169 Å². The molecule has 0 radical (unpaired) electrons. The molecule has 0 saturated carbocycles. The lowest BCUT2D eigenvalue weighted by Crippen LogP contribution is -2.36. The highest BCUT2D eigenvalue weighted by Crippen LogP contribution is 2.39. The molecule has 1 aliphatic heterocycles. The maximum atomic E-state index is 13.6. The minimum absolute atomic E-state index is 0.0831. The molecule has 4 nitrogen and oxygen atoms in total. The molecule has 0 aliphatic carbocycles. The van der Waals surface area contributed by atoms with Gasteiger partial charge in [-0.15, -0.1) is 0 Å². The third-order valence-electron chi connectivity index (χ3n) is 5.39. The summed E-state index contributed by atoms with van der Waals surface area (Å²) in [4.78, 5) is 16.4. The standard InChI is InChI=1S/C22H26F3N3O/c1-15-11-17(27(2)3)9-10-20(15)26-21(29)18-13-28(14-19(18)22(23,24)25)12-16-7-5-4-6-8-16/h4-11,18-19H,12-14H2,1-3H3,(H,26,29)/t18-,19-/m1/s1. The molecule has 1 aliphatic rings. The van der Waals surface area contributed by atoms with Crippen molar-refractivity contribution in [3.05, 3.63) is 59.7 Å². The van der Waals surface area contributed by atoms with E-state index in [2.05, 4.69) is 5.32 Å². The van der Waals surface area contributed by atoms with Crippen molar-refractivity contribution in [2.75, 3.05) is 37.4 Å². The summed E-state index contributed by atoms with van der Waals surface area (Å²) < 4.78 is 40.9. The molecule has 156 valence electrons. The van der Waals surface area contributed by atoms with Crippen molar-refractivity contribution in [3.63, 3.8) is 0 Å². The Bertz CT molecular complexity index is 852. The molecule has 0 aromatic heterocycles. The smallest absolute Gasteiger partial charge is 0.378 e. The topological polar surface area (TPSA) is 35.6 Å². The second kappa shape index (κ2) is 8.45. The van der Waals surface area contributed by atoms with Crippen LogP contribution < -0.4 is 10.2 Å². The SMILES string of the molecule is Cc1cc(N(C)C)ccc1NC(=O)[C@@H]1CN(Cc2ccccc2)C[C@H]1C(F)(F)F. The molecule has 1 N–H and O–H groups in total. The summed E-state index contributed by atoms with van der Waals surface area (Å²) in [6.45, 7) is 2.14. The van der Waals surface area contributed by atoms with E-state index in [4.69, 9.17) is 0 Å². The van der Waals surface area contributed by atoms with E-state index in [-0.39, 0.29) is 13.1 Å². The number of likely N-dealkylation sites (tertiary alicyclic amines) is 1. The molecule has 1 fully saturated rings. The lowest BCUT2D eigenvalue weighted by Gasteiger charge is -2.21. The van der Waals surface area contributed by atoms with Gasteiger partial charge in [0.05, 0.1) is 11.8 Å². The van der Waals surface area contributed by atoms with Gasteiger partial charge in [0.25, 0.3) is 0 Å². The van der Waals surface area contributed by atoms with Crippen LogP contribution in [0.2, 0.25) is 0 Å². The van der Waals surface area contributed by atoms with E-state index in [0.29, 0.717) is 12.2 Å². The number of hydrogen-bond donors (Lipinski definition) is 1. The molecule has 0 spiro atoms. The first-order valence-electron chi connectivity index (χ1n) is 9.57. The van der Waals surface area contributed by atoms with Crippen molar-refractivity contribution >= 4 is 17.3 Å². The molecular formula is C22H26F3N3O. The first-order chi connectivity index (χ1) is 13.6. The molecule has 2 aromatic rings. The van der Waals surface area contributed by atoms with Gasteiger partial charge in [0, 0.05) is 45.1 Å². The molecule has 2 atom stereocenters. The zero-order valence-corrected chi connectivity index (χ0v) is 16.8. The molecule has 7 heteroatoms. The van der Waals surface area contributed by atoms with Gasteiger partial charge in [0.2, 0.25) is 5.91 Å². The molecule has 3 rings (SSSR count). The summed E-state index contributed by atoms with van der Waals surface area (Å²) in [6, 6.07) is 14.8. The van der Waals surface area contributed by atoms with Gasteiger partial charge in [0.1, 0.15) is 0 Å². The van der Waals surface area contributed by atoms with E-state index in [9.17, 15) is 18.0 Å². The van der Waals surface area contributed by atoms with Gasteiger partial charge < -0.3 is 10.2 Å². The van der Waals surface area contributed by atoms with E-state index in [1.807, 2.05) is 68.4 Å². The van der Waals surface area contributed by atoms with Crippen molar-refractivity contribution in [1.82, 2.24) is 4.90 Å². The number of carbonyl (C=O) groups is 1. The first kappa shape index (κ1) is 21.2. The van der Waals surface area contributed by atoms with Crippen molar-refractivity contribution in [2.24, 2.45) is 11.8 Å². The fourth-order valence-corrected chi connectivity index (χ4v) is 3.75. The lowest BCUT2D eigenvalue weighted by atomic mass is 9.94. The Morgan fingerprint density at radius 3 is 2.41 bits per heavy atom. The Hall–Kier alpha value is -2.54. The molecule has 0 unspecified atom stereocenters. The van der Waals surface area contributed by atoms with Crippen LogP contribution >= 0.6 is 0 Å². The minimum atomic E-state index is -4.42. The highest BCUT2D eigenvalue weighted by Gasteiger charge is 2.52. The number of carbonyl (C=O) groups excluding carboxylic acids is 1. The number of alkyl halides is 3. The second-order valence-electron chi connectivity index (χ2n) is 7.82. The van der Waals surface area contributed by atoms with Gasteiger partial charge in [-0.05, 0) is 36.2 Å². The molecule has 1 heterocycles. The quantitative estimate of drug-likeness (QED) is 0.805. The van der Waals surface area contributed by atoms with Crippen LogP contribution in [0.1, 0.15) is 11.1 Å². The van der Waals surface area contributed by atoms with Gasteiger partial charge in [-0.3, -0.25) is 9.69 Å². The third kappa shape index (κ3) is 5.09. The predicted molar refractivity (Wildman–Crippen MR) is 109 cm³/mol. The van der Waals surface area contributed by atoms with Gasteiger partial charge in [-0.1, -0.05) is 30.3 Å². The summed E-state index contributed by atoms with van der Waals surface area (Å²) in [7, 11) is 3.81. The highest BCUT2D eigenvalue weighted by molar-refractivity contribution is 5.94. The molecular weight excluding hydrogens is 379 g/mol. The maximum Gasteiger partial charge on any atom is 0.393 e. The normalized spacial score (nSPS) is 19.9. The number of benzene rings is 2. The number of aryl methyl sites for hydroxylation is 1. The van der Waals surface area contributed by atoms with Crippen LogP contribution in [0, 0.1) is 18.8 Å². The first-order valence-corrected chi connectivity index (χ1v) is 9.57. The largest absolute Gasteiger partial charge is 0.393 e. The van der Waals surface area contributed by atoms with Crippen LogP contribution in [-0.2, 0) is 11.3 Å². The molecule has 1 amide bonds. The Kier molecular flexibility index (Phi) is 6.17.